The maximum Gasteiger partial charge on any atom is 0.183 e. The molecule has 0 bridgehead atoms. The number of hydrogen-bond donors (Lipinski definition) is 0. The predicted octanol–water partition coefficient (Wildman–Crippen LogP) is 16.4. The van der Waals surface area contributed by atoms with Crippen LogP contribution >= 0.6 is 11.8 Å². The molecular formula is C70H43NOSSi. The Morgan fingerprint density at radius 3 is 1.61 bits per heavy atom. The van der Waals surface area contributed by atoms with Gasteiger partial charge in [0.2, 0.25) is 0 Å². The van der Waals surface area contributed by atoms with Crippen LogP contribution in [0.3, 0.4) is 0 Å². The van der Waals surface area contributed by atoms with Crippen LogP contribution in [0, 0.1) is 0 Å². The van der Waals surface area contributed by atoms with E-state index in [1.54, 1.807) is 0 Å². The molecule has 74 heavy (non-hydrogen) atoms. The Bertz CT molecular complexity index is 4690. The average Bonchev–Trinajstić information content (AvgIpc) is 4.03. The molecule has 13 aromatic carbocycles. The van der Waals surface area contributed by atoms with Gasteiger partial charge in [0.05, 0.1) is 11.0 Å². The second-order valence-electron chi connectivity index (χ2n) is 19.8. The highest BCUT2D eigenvalue weighted by atomic mass is 32.2. The summed E-state index contributed by atoms with van der Waals surface area (Å²) in [5, 5.41) is 18.2. The fourth-order valence-corrected chi connectivity index (χ4v) is 20.5. The van der Waals surface area contributed by atoms with Gasteiger partial charge in [0, 0.05) is 48.2 Å². The van der Waals surface area contributed by atoms with E-state index in [1.165, 1.54) is 101 Å². The Labute approximate surface area is 432 Å². The molecule has 0 N–H and O–H groups in total. The van der Waals surface area contributed by atoms with E-state index in [4.69, 9.17) is 4.42 Å². The monoisotopic (exact) mass is 973 g/mol. The molecule has 15 aromatic rings. The summed E-state index contributed by atoms with van der Waals surface area (Å²) in [6.07, 6.45) is 0. The maximum atomic E-state index is 7.19. The van der Waals surface area contributed by atoms with Gasteiger partial charge in [-0.25, -0.2) is 0 Å². The highest BCUT2D eigenvalue weighted by molar-refractivity contribution is 8.00. The lowest BCUT2D eigenvalue weighted by Gasteiger charge is -2.42. The molecule has 1 unspecified atom stereocenters. The molecule has 1 aliphatic rings. The lowest BCUT2D eigenvalue weighted by Crippen LogP contribution is -2.77. The van der Waals surface area contributed by atoms with Crippen LogP contribution in [-0.2, 0) is 0 Å². The van der Waals surface area contributed by atoms with E-state index in [9.17, 15) is 0 Å². The van der Waals surface area contributed by atoms with Crippen LogP contribution in [-0.4, -0.2) is 12.6 Å². The Hall–Kier alpha value is -8.93. The van der Waals surface area contributed by atoms with Crippen LogP contribution in [0.1, 0.15) is 0 Å². The molecule has 0 radical (unpaired) electrons. The van der Waals surface area contributed by atoms with Crippen molar-refractivity contribution in [3.8, 4) is 39.1 Å². The number of para-hydroxylation sites is 4. The molecule has 0 spiro atoms. The van der Waals surface area contributed by atoms with Crippen molar-refractivity contribution in [1.82, 2.24) is 4.57 Å². The van der Waals surface area contributed by atoms with Gasteiger partial charge in [-0.1, -0.05) is 242 Å². The van der Waals surface area contributed by atoms with Crippen molar-refractivity contribution in [3.05, 3.63) is 261 Å². The lowest BCUT2D eigenvalue weighted by atomic mass is 9.94. The lowest BCUT2D eigenvalue weighted by molar-refractivity contribution is 0.671. The van der Waals surface area contributed by atoms with E-state index >= 15 is 0 Å². The highest BCUT2D eigenvalue weighted by Crippen LogP contribution is 2.46. The zero-order chi connectivity index (χ0) is 48.5. The Kier molecular flexibility index (Phi) is 9.03. The first-order valence-corrected chi connectivity index (χ1v) is 28.3. The molecule has 2 nitrogen and oxygen atoms in total. The minimum atomic E-state index is -3.31. The van der Waals surface area contributed by atoms with Crippen molar-refractivity contribution in [1.29, 1.82) is 0 Å². The number of rotatable bonds is 6. The van der Waals surface area contributed by atoms with E-state index in [2.05, 4.69) is 265 Å². The Balaban J connectivity index is 0.988. The highest BCUT2D eigenvalue weighted by Gasteiger charge is 2.49. The molecule has 344 valence electrons. The van der Waals surface area contributed by atoms with Crippen molar-refractivity contribution in [2.24, 2.45) is 0 Å². The Morgan fingerprint density at radius 2 is 0.838 bits per heavy atom. The summed E-state index contributed by atoms with van der Waals surface area (Å²) in [6.45, 7) is 0. The van der Waals surface area contributed by atoms with Crippen LogP contribution in [0.4, 0.5) is 0 Å². The van der Waals surface area contributed by atoms with Crippen molar-refractivity contribution in [3.63, 3.8) is 0 Å². The third-order valence-corrected chi connectivity index (χ3v) is 22.6. The molecule has 1 atom stereocenters. The van der Waals surface area contributed by atoms with Gasteiger partial charge in [-0.15, -0.1) is 0 Å². The van der Waals surface area contributed by atoms with Crippen molar-refractivity contribution in [2.75, 3.05) is 0 Å². The fraction of sp³-hybridized carbons (Fsp3) is 0. The number of aromatic nitrogens is 1. The largest absolute Gasteiger partial charge is 0.455 e. The predicted molar refractivity (Wildman–Crippen MR) is 316 cm³/mol. The summed E-state index contributed by atoms with van der Waals surface area (Å²) in [7, 11) is -3.31. The summed E-state index contributed by atoms with van der Waals surface area (Å²) in [6, 6.07) is 97.7. The molecule has 0 aliphatic carbocycles. The minimum absolute atomic E-state index is 0.914. The van der Waals surface area contributed by atoms with E-state index in [1.807, 2.05) is 11.8 Å². The van der Waals surface area contributed by atoms with E-state index in [0.29, 0.717) is 0 Å². The quantitative estimate of drug-likeness (QED) is 0.122. The number of nitrogens with zero attached hydrogens (tertiary/aromatic N) is 1. The molecule has 0 fully saturated rings. The molecule has 1 aliphatic heterocycles. The number of hydrogen-bond acceptors (Lipinski definition) is 2. The van der Waals surface area contributed by atoms with Gasteiger partial charge in [0.1, 0.15) is 11.2 Å². The normalized spacial score (nSPS) is 14.5. The van der Waals surface area contributed by atoms with Gasteiger partial charge >= 0.3 is 0 Å². The molecule has 2 aromatic heterocycles. The Morgan fingerprint density at radius 1 is 0.311 bits per heavy atom. The molecule has 0 saturated carbocycles. The third kappa shape index (κ3) is 5.83. The first-order valence-electron chi connectivity index (χ1n) is 25.5. The second-order valence-corrected chi connectivity index (χ2v) is 24.5. The van der Waals surface area contributed by atoms with Crippen molar-refractivity contribution < 1.29 is 4.42 Å². The summed E-state index contributed by atoms with van der Waals surface area (Å²) < 4.78 is 9.60. The van der Waals surface area contributed by atoms with Crippen LogP contribution in [0.25, 0.3) is 115 Å². The van der Waals surface area contributed by atoms with E-state index < -0.39 is 8.07 Å². The standard InChI is InChI=1S/C70H43NOSSi/c1-2-16-44(17-3-1)51-23-13-24-54-55-25-14-26-56(69(55)72-68(51)54)57-27-15-33-65-70(57)73-61-30-9-11-32-64(61)74(65,63-43-39-48-35-34-46-18-12-19-47-38-42-58(63)67(48)66(46)47)62-31-10-6-20-50(62)45-36-40-49(41-37-45)71-59-28-7-4-21-52(59)53-22-5-8-29-60(53)71/h1-43H. The second kappa shape index (κ2) is 16.0. The summed E-state index contributed by atoms with van der Waals surface area (Å²) >= 11 is 1.92. The van der Waals surface area contributed by atoms with Gasteiger partial charge < -0.3 is 8.98 Å². The first-order chi connectivity index (χ1) is 36.7. The van der Waals surface area contributed by atoms with Gasteiger partial charge in [0.25, 0.3) is 0 Å². The van der Waals surface area contributed by atoms with Crippen LogP contribution in [0.5, 0.6) is 0 Å². The van der Waals surface area contributed by atoms with E-state index in [-0.39, 0.29) is 0 Å². The van der Waals surface area contributed by atoms with Gasteiger partial charge in [-0.2, -0.15) is 0 Å². The molecule has 0 saturated heterocycles. The van der Waals surface area contributed by atoms with Gasteiger partial charge in [0.15, 0.2) is 8.07 Å². The minimum Gasteiger partial charge on any atom is -0.455 e. The average molecular weight is 974 g/mol. The number of fused-ring (bicyclic) bond motifs is 8. The molecule has 16 rings (SSSR count). The van der Waals surface area contributed by atoms with Gasteiger partial charge in [-0.05, 0) is 106 Å². The number of benzene rings is 13. The number of furan rings is 1. The van der Waals surface area contributed by atoms with Gasteiger partial charge in [-0.3, -0.25) is 0 Å². The van der Waals surface area contributed by atoms with E-state index in [0.717, 1.165) is 44.3 Å². The van der Waals surface area contributed by atoms with Crippen LogP contribution in [0.15, 0.2) is 275 Å². The van der Waals surface area contributed by atoms with Crippen LogP contribution < -0.4 is 20.7 Å². The zero-order valence-corrected chi connectivity index (χ0v) is 41.9. The maximum absolute atomic E-state index is 7.19. The molecule has 4 heteroatoms. The molecular weight excluding hydrogens is 931 g/mol. The summed E-state index contributed by atoms with van der Waals surface area (Å²) in [4.78, 5) is 2.58. The smallest absolute Gasteiger partial charge is 0.183 e. The topological polar surface area (TPSA) is 18.1 Å². The van der Waals surface area contributed by atoms with Crippen molar-refractivity contribution >= 4 is 117 Å². The molecule has 0 amide bonds. The fourth-order valence-electron chi connectivity index (χ4n) is 13.0. The van der Waals surface area contributed by atoms with Crippen LogP contribution in [0.2, 0.25) is 0 Å². The zero-order valence-electron chi connectivity index (χ0n) is 40.1. The summed E-state index contributed by atoms with van der Waals surface area (Å²) in [5.74, 6) is 0. The van der Waals surface area contributed by atoms with Crippen molar-refractivity contribution in [2.45, 2.75) is 9.79 Å². The SMILES string of the molecule is c1ccc(-c2cccc3c2oc2c(-c4cccc5c4Sc4ccccc4[Si]5(c4ccccc4-c4ccc(-n5c6ccccc6c6ccccc65)cc4)c4ccc5ccc6cccc7ccc4c5c67)cccc23)cc1. The summed E-state index contributed by atoms with van der Waals surface area (Å²) in [5.41, 5.74) is 12.4. The molecule has 3 heterocycles. The third-order valence-electron chi connectivity index (χ3n) is 16.1. The first kappa shape index (κ1) is 41.7.